The number of halogens is 1. The average molecular weight is 708 g/mol. The molecule has 272 valence electrons. The number of hydrogen-bond acceptors (Lipinski definition) is 6. The molecule has 1 saturated heterocycles. The van der Waals surface area contributed by atoms with Crippen molar-refractivity contribution < 1.29 is 23.6 Å². The first-order valence-corrected chi connectivity index (χ1v) is 18.2. The summed E-state index contributed by atoms with van der Waals surface area (Å²) in [4.78, 5) is 62.6. The molecule has 3 aromatic carbocycles. The summed E-state index contributed by atoms with van der Waals surface area (Å²) in [7, 11) is 1.35. The number of carbonyl (C=O) groups excluding carboxylic acids is 3. The number of hydroxylamine groups is 2. The lowest BCUT2D eigenvalue weighted by Crippen LogP contribution is -2.45. The molecule has 12 heteroatoms. The van der Waals surface area contributed by atoms with Crippen LogP contribution in [0.3, 0.4) is 0 Å². The molecule has 3 amide bonds. The molecule has 2 bridgehead atoms. The second-order valence-electron chi connectivity index (χ2n) is 14.6. The van der Waals surface area contributed by atoms with E-state index in [1.54, 1.807) is 23.2 Å². The number of rotatable bonds is 13. The van der Waals surface area contributed by atoms with Crippen molar-refractivity contribution >= 4 is 40.0 Å². The van der Waals surface area contributed by atoms with Crippen molar-refractivity contribution in [2.45, 2.75) is 84.5 Å². The fourth-order valence-electron chi connectivity index (χ4n) is 8.04. The Morgan fingerprint density at radius 2 is 1.87 bits per heavy atom. The Hall–Kier alpha value is -5.10. The third kappa shape index (κ3) is 6.55. The van der Waals surface area contributed by atoms with Gasteiger partial charge in [0.1, 0.15) is 24.0 Å². The summed E-state index contributed by atoms with van der Waals surface area (Å²) in [5.41, 5.74) is 4.26. The maximum absolute atomic E-state index is 15.8. The number of aromatic amines is 2. The van der Waals surface area contributed by atoms with Gasteiger partial charge in [-0.05, 0) is 85.2 Å². The first kappa shape index (κ1) is 35.3. The number of H-pyrrole nitrogens is 2. The topological polar surface area (TPSA) is 128 Å². The van der Waals surface area contributed by atoms with Gasteiger partial charge in [0.05, 0.1) is 42.6 Å². The molecular weight excluding hydrogens is 661 g/mol. The number of nitrogens with zero attached hydrogens (tertiary/aromatic N) is 5. The van der Waals surface area contributed by atoms with E-state index in [1.165, 1.54) is 7.11 Å². The molecule has 2 N–H and O–H groups in total. The smallest absolute Gasteiger partial charge is 0.245 e. The van der Waals surface area contributed by atoms with Crippen molar-refractivity contribution in [3.63, 3.8) is 0 Å². The number of likely N-dealkylation sites (tertiary alicyclic amines) is 1. The summed E-state index contributed by atoms with van der Waals surface area (Å²) < 4.78 is 15.8. The highest BCUT2D eigenvalue weighted by atomic mass is 19.1. The second kappa shape index (κ2) is 14.5. The highest BCUT2D eigenvalue weighted by Gasteiger charge is 2.49. The van der Waals surface area contributed by atoms with E-state index in [2.05, 4.69) is 15.0 Å². The van der Waals surface area contributed by atoms with Gasteiger partial charge < -0.3 is 19.8 Å². The predicted octanol–water partition coefficient (Wildman–Crippen LogP) is 7.16. The van der Waals surface area contributed by atoms with Crippen LogP contribution in [0.4, 0.5) is 4.39 Å². The molecule has 1 saturated carbocycles. The molecule has 0 spiro atoms. The van der Waals surface area contributed by atoms with Crippen molar-refractivity contribution in [3.8, 4) is 22.4 Å². The maximum atomic E-state index is 15.8. The molecular formula is C40H46FN7O4. The first-order valence-electron chi connectivity index (χ1n) is 18.2. The molecule has 5 aromatic rings. The fourth-order valence-corrected chi connectivity index (χ4v) is 8.04. The molecule has 1 aliphatic carbocycles. The standard InChI is InChI=1S/C40H46FN7O4/c1-6-7-36(50)48-29-12-8-28(17-29)39(48)40-42-19-34(44-40)31-14-10-26(18-32(31)41)25-9-13-30-27(16-25)11-15-33-38(30)45-35(43-33)20-47(24(4)23(2)3)37(51)21-46(22-49)52-5/h9-11,13-16,18-19,22-24,28-29,39H,6-8,12,17,20-21H2,1-5H3,(H,42,44)(H,43,45)/t24-,28+,29-,39+/m1/s1. The van der Waals surface area contributed by atoms with Gasteiger partial charge in [0.25, 0.3) is 0 Å². The number of nitrogens with one attached hydrogen (secondary N) is 2. The fraction of sp³-hybridized carbons (Fsp3) is 0.425. The molecule has 4 atom stereocenters. The van der Waals surface area contributed by atoms with Gasteiger partial charge >= 0.3 is 0 Å². The van der Waals surface area contributed by atoms with Crippen LogP contribution >= 0.6 is 0 Å². The minimum Gasteiger partial charge on any atom is -0.340 e. The van der Waals surface area contributed by atoms with Gasteiger partial charge in [-0.3, -0.25) is 19.2 Å². The van der Waals surface area contributed by atoms with Crippen LogP contribution in [0.25, 0.3) is 44.2 Å². The zero-order chi connectivity index (χ0) is 36.7. The number of benzene rings is 3. The molecule has 7 rings (SSSR count). The lowest BCUT2D eigenvalue weighted by Gasteiger charge is -2.34. The summed E-state index contributed by atoms with van der Waals surface area (Å²) in [5.74, 6) is 1.50. The monoisotopic (exact) mass is 707 g/mol. The van der Waals surface area contributed by atoms with Crippen LogP contribution in [0.15, 0.2) is 54.7 Å². The van der Waals surface area contributed by atoms with Crippen LogP contribution in [-0.2, 0) is 25.8 Å². The number of hydrogen-bond donors (Lipinski definition) is 2. The number of carbonyl (C=O) groups is 3. The number of fused-ring (bicyclic) bond motifs is 5. The second-order valence-corrected chi connectivity index (χ2v) is 14.6. The van der Waals surface area contributed by atoms with Crippen molar-refractivity contribution in [2.75, 3.05) is 13.7 Å². The van der Waals surface area contributed by atoms with E-state index in [9.17, 15) is 14.4 Å². The quantitative estimate of drug-likeness (QED) is 0.0988. The summed E-state index contributed by atoms with van der Waals surface area (Å²) in [6, 6.07) is 15.3. The predicted molar refractivity (Wildman–Crippen MR) is 197 cm³/mol. The Kier molecular flexibility index (Phi) is 9.84. The highest BCUT2D eigenvalue weighted by molar-refractivity contribution is 6.05. The van der Waals surface area contributed by atoms with Crippen LogP contribution in [0.1, 0.15) is 77.5 Å². The van der Waals surface area contributed by atoms with Gasteiger partial charge in [0.2, 0.25) is 18.2 Å². The Labute approximate surface area is 302 Å². The van der Waals surface area contributed by atoms with Gasteiger partial charge in [-0.15, -0.1) is 0 Å². The van der Waals surface area contributed by atoms with Gasteiger partial charge in [0, 0.05) is 29.5 Å². The molecule has 2 aliphatic rings. The average Bonchev–Trinajstić information content (AvgIpc) is 3.96. The van der Waals surface area contributed by atoms with E-state index in [-0.39, 0.29) is 54.8 Å². The van der Waals surface area contributed by atoms with Crippen molar-refractivity contribution in [1.29, 1.82) is 0 Å². The van der Waals surface area contributed by atoms with Crippen LogP contribution in [0.2, 0.25) is 0 Å². The van der Waals surface area contributed by atoms with Crippen LogP contribution in [-0.4, -0.2) is 78.8 Å². The van der Waals surface area contributed by atoms with E-state index < -0.39 is 0 Å². The van der Waals surface area contributed by atoms with Gasteiger partial charge in [-0.1, -0.05) is 45.0 Å². The Balaban J connectivity index is 1.12. The molecule has 0 radical (unpaired) electrons. The number of amides is 3. The first-order chi connectivity index (χ1) is 25.1. The zero-order valence-electron chi connectivity index (χ0n) is 30.4. The molecule has 52 heavy (non-hydrogen) atoms. The van der Waals surface area contributed by atoms with E-state index in [0.29, 0.717) is 35.8 Å². The Morgan fingerprint density at radius 1 is 1.08 bits per heavy atom. The largest absolute Gasteiger partial charge is 0.340 e. The van der Waals surface area contributed by atoms with E-state index in [4.69, 9.17) is 9.82 Å². The summed E-state index contributed by atoms with van der Waals surface area (Å²) in [5, 5.41) is 2.84. The maximum Gasteiger partial charge on any atom is 0.245 e. The Morgan fingerprint density at radius 3 is 2.60 bits per heavy atom. The summed E-state index contributed by atoms with van der Waals surface area (Å²) in [6.45, 7) is 8.13. The van der Waals surface area contributed by atoms with Crippen LogP contribution in [0.5, 0.6) is 0 Å². The van der Waals surface area contributed by atoms with E-state index in [1.807, 2.05) is 69.0 Å². The Bertz CT molecular complexity index is 2130. The molecule has 2 fully saturated rings. The third-order valence-corrected chi connectivity index (χ3v) is 11.1. The highest BCUT2D eigenvalue weighted by Crippen LogP contribution is 2.50. The van der Waals surface area contributed by atoms with Crippen molar-refractivity contribution in [2.24, 2.45) is 11.8 Å². The number of aromatic nitrogens is 4. The molecule has 11 nitrogen and oxygen atoms in total. The van der Waals surface area contributed by atoms with Crippen LogP contribution < -0.4 is 0 Å². The molecule has 0 unspecified atom stereocenters. The van der Waals surface area contributed by atoms with Crippen molar-refractivity contribution in [3.05, 3.63) is 72.2 Å². The number of piperidine rings is 1. The molecule has 3 heterocycles. The normalized spacial score (nSPS) is 18.8. The van der Waals surface area contributed by atoms with E-state index in [0.717, 1.165) is 69.5 Å². The van der Waals surface area contributed by atoms with Crippen molar-refractivity contribution in [1.82, 2.24) is 34.8 Å². The SMILES string of the molecule is CCCC(=O)N1[C@@H]2CC[C@@H](C2)[C@H]1c1ncc(-c2ccc(-c3ccc4c(ccc5[nH]c(CN(C(=O)CN(C=O)OC)[C@H](C)C(C)C)nc54)c3)cc2F)[nH]1. The van der Waals surface area contributed by atoms with Gasteiger partial charge in [0.15, 0.2) is 0 Å². The van der Waals surface area contributed by atoms with E-state index >= 15 is 4.39 Å². The summed E-state index contributed by atoms with van der Waals surface area (Å²) in [6.07, 6.45) is 6.64. The number of imidazole rings is 2. The minimum absolute atomic E-state index is 0.0798. The molecule has 1 aliphatic heterocycles. The van der Waals surface area contributed by atoms with Gasteiger partial charge in [-0.2, -0.15) is 0 Å². The lowest BCUT2D eigenvalue weighted by atomic mass is 9.97. The zero-order valence-corrected chi connectivity index (χ0v) is 30.4. The third-order valence-electron chi connectivity index (χ3n) is 11.1. The lowest BCUT2D eigenvalue weighted by molar-refractivity contribution is -0.170. The minimum atomic E-state index is -0.358. The molecule has 2 aromatic heterocycles. The van der Waals surface area contributed by atoms with Gasteiger partial charge in [-0.25, -0.2) is 19.4 Å². The van der Waals surface area contributed by atoms with Crippen LogP contribution in [0, 0.1) is 17.7 Å². The summed E-state index contributed by atoms with van der Waals surface area (Å²) >= 11 is 0.